The van der Waals surface area contributed by atoms with Gasteiger partial charge in [0.05, 0.1) is 6.10 Å². The van der Waals surface area contributed by atoms with Gasteiger partial charge in [-0.15, -0.1) is 11.3 Å². The predicted molar refractivity (Wildman–Crippen MR) is 85.3 cm³/mol. The minimum Gasteiger partial charge on any atom is -0.378 e. The first-order chi connectivity index (χ1) is 10.0. The van der Waals surface area contributed by atoms with Crippen LogP contribution in [0.4, 0.5) is 0 Å². The van der Waals surface area contributed by atoms with Gasteiger partial charge in [0.25, 0.3) is 0 Å². The van der Waals surface area contributed by atoms with Crippen LogP contribution in [0.2, 0.25) is 0 Å². The number of hydrogen-bond acceptors (Lipinski definition) is 5. The molecule has 1 aliphatic rings. The number of nitrogens with one attached hydrogen (secondary N) is 2. The fourth-order valence-electron chi connectivity index (χ4n) is 2.36. The number of hydrogen-bond donors (Lipinski definition) is 2. The van der Waals surface area contributed by atoms with Crippen LogP contribution in [0.15, 0.2) is 16.3 Å². The van der Waals surface area contributed by atoms with Crippen LogP contribution in [-0.2, 0) is 21.2 Å². The van der Waals surface area contributed by atoms with E-state index < -0.39 is 10.0 Å². The topological polar surface area (TPSA) is 67.4 Å². The van der Waals surface area contributed by atoms with Gasteiger partial charge in [-0.05, 0) is 45.0 Å². The highest BCUT2D eigenvalue weighted by Gasteiger charge is 2.26. The summed E-state index contributed by atoms with van der Waals surface area (Å²) in [4.78, 5) is 1.09. The highest BCUT2D eigenvalue weighted by atomic mass is 32.2. The smallest absolute Gasteiger partial charge is 0.250 e. The first-order valence-corrected chi connectivity index (χ1v) is 9.73. The highest BCUT2D eigenvalue weighted by molar-refractivity contribution is 7.91. The summed E-state index contributed by atoms with van der Waals surface area (Å²) in [6.45, 7) is 7.04. The molecular weight excluding hydrogens is 308 g/mol. The molecule has 0 bridgehead atoms. The Kier molecular flexibility index (Phi) is 6.19. The standard InChI is InChI=1S/C14H24N2O3S2/c1-3-15-8-6-13-4-5-14(20-13)21(17,18)16-10-12-7-9-19-11(12)2/h4-5,11-12,15-16H,3,6-10H2,1-2H3. The van der Waals surface area contributed by atoms with E-state index in [1.54, 1.807) is 6.07 Å². The fourth-order valence-corrected chi connectivity index (χ4v) is 4.85. The molecule has 0 saturated carbocycles. The molecule has 7 heteroatoms. The van der Waals surface area contributed by atoms with Gasteiger partial charge < -0.3 is 10.1 Å². The van der Waals surface area contributed by atoms with Crippen LogP contribution >= 0.6 is 11.3 Å². The van der Waals surface area contributed by atoms with E-state index in [-0.39, 0.29) is 12.0 Å². The zero-order valence-corrected chi connectivity index (χ0v) is 14.2. The molecule has 1 aromatic heterocycles. The molecular formula is C14H24N2O3S2. The average molecular weight is 332 g/mol. The molecule has 2 atom stereocenters. The molecule has 0 amide bonds. The maximum absolute atomic E-state index is 12.3. The van der Waals surface area contributed by atoms with Crippen molar-refractivity contribution in [2.24, 2.45) is 5.92 Å². The summed E-state index contributed by atoms with van der Waals surface area (Å²) in [7, 11) is -3.39. The lowest BCUT2D eigenvalue weighted by atomic mass is 10.0. The molecule has 21 heavy (non-hydrogen) atoms. The molecule has 0 spiro atoms. The Hall–Kier alpha value is -0.470. The number of sulfonamides is 1. The summed E-state index contributed by atoms with van der Waals surface area (Å²) in [5.41, 5.74) is 0. The molecule has 1 aromatic rings. The van der Waals surface area contributed by atoms with Crippen molar-refractivity contribution in [3.63, 3.8) is 0 Å². The predicted octanol–water partition coefficient (Wildman–Crippen LogP) is 1.60. The first kappa shape index (κ1) is 16.9. The third-order valence-corrected chi connectivity index (χ3v) is 6.83. The van der Waals surface area contributed by atoms with Crippen LogP contribution in [0, 0.1) is 5.92 Å². The second-order valence-electron chi connectivity index (χ2n) is 5.30. The molecule has 1 aliphatic heterocycles. The van der Waals surface area contributed by atoms with Crippen LogP contribution in [0.1, 0.15) is 25.1 Å². The van der Waals surface area contributed by atoms with Crippen LogP contribution in [-0.4, -0.2) is 40.8 Å². The van der Waals surface area contributed by atoms with Crippen LogP contribution < -0.4 is 10.0 Å². The van der Waals surface area contributed by atoms with Gasteiger partial charge in [0.15, 0.2) is 0 Å². The van der Waals surface area contributed by atoms with E-state index in [9.17, 15) is 8.42 Å². The van der Waals surface area contributed by atoms with Crippen molar-refractivity contribution in [3.8, 4) is 0 Å². The van der Waals surface area contributed by atoms with Crippen molar-refractivity contribution in [2.75, 3.05) is 26.2 Å². The Morgan fingerprint density at radius 3 is 2.90 bits per heavy atom. The quantitative estimate of drug-likeness (QED) is 0.710. The maximum Gasteiger partial charge on any atom is 0.250 e. The van der Waals surface area contributed by atoms with E-state index in [1.165, 1.54) is 11.3 Å². The second-order valence-corrected chi connectivity index (χ2v) is 8.46. The van der Waals surface area contributed by atoms with Gasteiger partial charge in [-0.25, -0.2) is 13.1 Å². The Bertz CT molecular complexity index is 542. The Morgan fingerprint density at radius 1 is 1.43 bits per heavy atom. The first-order valence-electron chi connectivity index (χ1n) is 7.43. The van der Waals surface area contributed by atoms with Crippen LogP contribution in [0.3, 0.4) is 0 Å². The summed E-state index contributed by atoms with van der Waals surface area (Å²) >= 11 is 1.35. The second kappa shape index (κ2) is 7.69. The van der Waals surface area contributed by atoms with Gasteiger partial charge in [0.1, 0.15) is 4.21 Å². The van der Waals surface area contributed by atoms with E-state index in [2.05, 4.69) is 17.0 Å². The molecule has 2 rings (SSSR count). The van der Waals surface area contributed by atoms with Gasteiger partial charge in [0, 0.05) is 23.9 Å². The van der Waals surface area contributed by atoms with Crippen molar-refractivity contribution in [1.82, 2.24) is 10.0 Å². The summed E-state index contributed by atoms with van der Waals surface area (Å²) in [5.74, 6) is 0.271. The zero-order chi connectivity index (χ0) is 15.3. The van der Waals surface area contributed by atoms with E-state index in [1.807, 2.05) is 13.0 Å². The lowest BCUT2D eigenvalue weighted by Crippen LogP contribution is -2.31. The number of thiophene rings is 1. The lowest BCUT2D eigenvalue weighted by molar-refractivity contribution is 0.107. The Balaban J connectivity index is 1.89. The molecule has 0 aromatic carbocycles. The summed E-state index contributed by atoms with van der Waals surface area (Å²) in [6, 6.07) is 3.60. The Labute approximate surface area is 131 Å². The lowest BCUT2D eigenvalue weighted by Gasteiger charge is -2.14. The molecule has 5 nitrogen and oxygen atoms in total. The van der Waals surface area contributed by atoms with E-state index >= 15 is 0 Å². The monoisotopic (exact) mass is 332 g/mol. The van der Waals surface area contributed by atoms with Gasteiger partial charge in [-0.1, -0.05) is 6.92 Å². The zero-order valence-electron chi connectivity index (χ0n) is 12.6. The summed E-state index contributed by atoms with van der Waals surface area (Å²) in [6.07, 6.45) is 1.91. The fraction of sp³-hybridized carbons (Fsp3) is 0.714. The number of ether oxygens (including phenoxy) is 1. The van der Waals surface area contributed by atoms with Crippen molar-refractivity contribution in [3.05, 3.63) is 17.0 Å². The van der Waals surface area contributed by atoms with Gasteiger partial charge in [-0.3, -0.25) is 0 Å². The average Bonchev–Trinajstić information content (AvgIpc) is 3.06. The molecule has 2 unspecified atom stereocenters. The van der Waals surface area contributed by atoms with E-state index in [0.717, 1.165) is 37.4 Å². The van der Waals surface area contributed by atoms with Crippen LogP contribution in [0.25, 0.3) is 0 Å². The van der Waals surface area contributed by atoms with Crippen LogP contribution in [0.5, 0.6) is 0 Å². The minimum absolute atomic E-state index is 0.131. The molecule has 1 fully saturated rings. The summed E-state index contributed by atoms with van der Waals surface area (Å²) in [5, 5.41) is 3.24. The molecule has 2 heterocycles. The van der Waals surface area contributed by atoms with Crippen molar-refractivity contribution < 1.29 is 13.2 Å². The SMILES string of the molecule is CCNCCc1ccc(S(=O)(=O)NCC2CCOC2C)s1. The van der Waals surface area contributed by atoms with E-state index in [4.69, 9.17) is 4.74 Å². The normalized spacial score (nSPS) is 22.8. The largest absolute Gasteiger partial charge is 0.378 e. The molecule has 0 aliphatic carbocycles. The van der Waals surface area contributed by atoms with Crippen molar-refractivity contribution >= 4 is 21.4 Å². The number of likely N-dealkylation sites (N-methyl/N-ethyl adjacent to an activating group) is 1. The molecule has 0 radical (unpaired) electrons. The Morgan fingerprint density at radius 2 is 2.24 bits per heavy atom. The van der Waals surface area contributed by atoms with Gasteiger partial charge in [0.2, 0.25) is 10.0 Å². The van der Waals surface area contributed by atoms with Gasteiger partial charge in [-0.2, -0.15) is 0 Å². The highest BCUT2D eigenvalue weighted by Crippen LogP contribution is 2.23. The third kappa shape index (κ3) is 4.75. The van der Waals surface area contributed by atoms with E-state index in [0.29, 0.717) is 10.8 Å². The molecule has 2 N–H and O–H groups in total. The van der Waals surface area contributed by atoms with Gasteiger partial charge >= 0.3 is 0 Å². The van der Waals surface area contributed by atoms with Crippen molar-refractivity contribution in [1.29, 1.82) is 0 Å². The third-order valence-electron chi connectivity index (χ3n) is 3.77. The molecule has 1 saturated heterocycles. The maximum atomic E-state index is 12.3. The minimum atomic E-state index is -3.39. The molecule has 120 valence electrons. The summed E-state index contributed by atoms with van der Waals surface area (Å²) < 4.78 is 33.1. The van der Waals surface area contributed by atoms with Crippen molar-refractivity contribution in [2.45, 2.75) is 37.0 Å². The number of rotatable bonds is 8.